The number of hydrogen-bond donors (Lipinski definition) is 1. The smallest absolute Gasteiger partial charge is 0.410 e. The Morgan fingerprint density at radius 1 is 0.549 bits per heavy atom. The van der Waals surface area contributed by atoms with Crippen LogP contribution in [0.2, 0.25) is 0 Å². The van der Waals surface area contributed by atoms with E-state index in [9.17, 15) is 24.0 Å². The molecule has 0 aromatic heterocycles. The molecule has 20 nitrogen and oxygen atoms in total. The van der Waals surface area contributed by atoms with Gasteiger partial charge in [-0.2, -0.15) is 0 Å². The first-order valence-electron chi connectivity index (χ1n) is 33.3. The van der Waals surface area contributed by atoms with Gasteiger partial charge >= 0.3 is 12.2 Å². The Morgan fingerprint density at radius 3 is 1.45 bits per heavy atom. The molecule has 3 aromatic carbocycles. The van der Waals surface area contributed by atoms with Crippen molar-refractivity contribution in [3.8, 4) is 23.0 Å². The highest BCUT2D eigenvalue weighted by atomic mass is 16.6. The number of methoxy groups -OCH3 is 4. The Hall–Kier alpha value is -6.35. The van der Waals surface area contributed by atoms with Gasteiger partial charge in [-0.15, -0.1) is 0 Å². The highest BCUT2D eigenvalue weighted by Gasteiger charge is 2.42. The lowest BCUT2D eigenvalue weighted by molar-refractivity contribution is -0.132. The minimum Gasteiger partial charge on any atom is -0.493 e. The summed E-state index contributed by atoms with van der Waals surface area (Å²) in [4.78, 5) is 78.1. The van der Waals surface area contributed by atoms with Gasteiger partial charge in [0.25, 0.3) is 11.8 Å². The van der Waals surface area contributed by atoms with E-state index in [-0.39, 0.29) is 66.1 Å². The second kappa shape index (κ2) is 36.2. The van der Waals surface area contributed by atoms with Gasteiger partial charge in [0.2, 0.25) is 5.91 Å². The van der Waals surface area contributed by atoms with Gasteiger partial charge < -0.3 is 72.4 Å². The van der Waals surface area contributed by atoms with Crippen molar-refractivity contribution in [1.82, 2.24) is 29.8 Å². The lowest BCUT2D eigenvalue weighted by atomic mass is 9.93. The molecule has 508 valence electrons. The summed E-state index contributed by atoms with van der Waals surface area (Å²) >= 11 is 0. The third-order valence-electron chi connectivity index (χ3n) is 16.6. The van der Waals surface area contributed by atoms with E-state index in [1.807, 2.05) is 119 Å². The molecule has 91 heavy (non-hydrogen) atoms. The fraction of sp³-hybridized carbons (Fsp3) is 0.676. The number of amides is 5. The standard InChI is InChI=1S/C41H61N3O8.C30H49N3O6/c1-30(2)44(39(46)32-16-21-36(49-7)37(27-32)51-26-12-24-48-6)35-20-19-34(43(28-35)40(47)52-41(3,4)5)22-23-42(33-17-18-33)38(45)15-11-25-50-29-31-13-9-8-10-14-31;1-21(2)33(28(34)22-9-14-26(37-7)27(19-22)38-18-8-17-36-6)25-13-12-24(15-16-31-23-10-11-23)32(20-25)29(35)39-30(3,4)5/h8-10,13-14,16,21,27,30,33-35H,11-12,15,17-20,22-26,28-29H2,1-7H3;9,14,19,21,23-25,31H,8,10-13,15-18,20H2,1-7H3/t34-,35-;24-,25-/m11/s1. The van der Waals surface area contributed by atoms with E-state index in [0.717, 1.165) is 57.1 Å². The van der Waals surface area contributed by atoms with Crippen molar-refractivity contribution in [3.05, 3.63) is 83.4 Å². The summed E-state index contributed by atoms with van der Waals surface area (Å²) in [7, 11) is 6.47. The van der Waals surface area contributed by atoms with Crippen LogP contribution in [0.5, 0.6) is 23.0 Å². The maximum atomic E-state index is 14.2. The molecule has 0 radical (unpaired) electrons. The Kier molecular flexibility index (Phi) is 29.3. The molecule has 4 aliphatic rings. The molecule has 0 bridgehead atoms. The predicted molar refractivity (Wildman–Crippen MR) is 352 cm³/mol. The molecule has 7 rings (SSSR count). The largest absolute Gasteiger partial charge is 0.493 e. The monoisotopic (exact) mass is 1270 g/mol. The van der Waals surface area contributed by atoms with Gasteiger partial charge in [-0.3, -0.25) is 14.4 Å². The summed E-state index contributed by atoms with van der Waals surface area (Å²) in [5, 5.41) is 3.57. The summed E-state index contributed by atoms with van der Waals surface area (Å²) in [5.41, 5.74) is 0.880. The molecule has 5 amide bonds. The number of nitrogens with one attached hydrogen (secondary N) is 1. The first kappa shape index (κ1) is 73.7. The van der Waals surface area contributed by atoms with Crippen molar-refractivity contribution >= 4 is 29.9 Å². The molecule has 4 atom stereocenters. The molecule has 0 spiro atoms. The van der Waals surface area contributed by atoms with Crippen molar-refractivity contribution in [2.24, 2.45) is 0 Å². The first-order chi connectivity index (χ1) is 43.4. The van der Waals surface area contributed by atoms with Crippen LogP contribution in [0.1, 0.15) is 185 Å². The van der Waals surface area contributed by atoms with Gasteiger partial charge in [0.05, 0.1) is 46.1 Å². The van der Waals surface area contributed by atoms with Crippen LogP contribution >= 0.6 is 0 Å². The van der Waals surface area contributed by atoms with Crippen LogP contribution in [0.4, 0.5) is 9.59 Å². The first-order valence-corrected chi connectivity index (χ1v) is 33.3. The SMILES string of the molecule is COCCCOc1cc(C(=O)N(C(C)C)[C@@H]2CC[C@H](CCN(C(=O)CCCOCc3ccccc3)C3CC3)N(C(=O)OC(C)(C)C)C2)ccc1OC.COCCCOc1cc(C(=O)N(C(C)C)[C@@H]2CC[C@H](CCNC3CC3)N(C(=O)OC(C)(C)C)C2)ccc1OC. The lowest BCUT2D eigenvalue weighted by Gasteiger charge is -2.45. The average Bonchev–Trinajstić information content (AvgIpc) is 1.43. The molecule has 2 aliphatic carbocycles. The zero-order chi connectivity index (χ0) is 66.3. The number of benzene rings is 3. The zero-order valence-corrected chi connectivity index (χ0v) is 57.4. The number of carbonyl (C=O) groups excluding carboxylic acids is 5. The number of likely N-dealkylation sites (tertiary alicyclic amines) is 2. The molecule has 3 aromatic rings. The van der Waals surface area contributed by atoms with E-state index in [2.05, 4.69) is 5.32 Å². The Labute approximate surface area is 543 Å². The average molecular weight is 1270 g/mol. The third kappa shape index (κ3) is 23.9. The molecule has 1 N–H and O–H groups in total. The molecule has 0 unspecified atom stereocenters. The van der Waals surface area contributed by atoms with Crippen LogP contribution in [0.3, 0.4) is 0 Å². The van der Waals surface area contributed by atoms with Crippen LogP contribution in [0.15, 0.2) is 66.7 Å². The van der Waals surface area contributed by atoms with E-state index in [1.165, 1.54) is 12.8 Å². The number of ether oxygens (including phenoxy) is 9. The summed E-state index contributed by atoms with van der Waals surface area (Å²) in [6, 6.07) is 20.9. The topological polar surface area (TPSA) is 197 Å². The van der Waals surface area contributed by atoms with Crippen LogP contribution in [0, 0.1) is 0 Å². The number of hydrogen-bond acceptors (Lipinski definition) is 15. The zero-order valence-electron chi connectivity index (χ0n) is 57.4. The van der Waals surface area contributed by atoms with Gasteiger partial charge in [-0.1, -0.05) is 30.3 Å². The van der Waals surface area contributed by atoms with Crippen LogP contribution in [-0.4, -0.2) is 202 Å². The number of carbonyl (C=O) groups is 5. The molecule has 4 fully saturated rings. The highest BCUT2D eigenvalue weighted by molar-refractivity contribution is 5.96. The number of nitrogens with zero attached hydrogens (tertiary/aromatic N) is 5. The number of piperidine rings is 2. The van der Waals surface area contributed by atoms with Gasteiger partial charge in [-0.25, -0.2) is 9.59 Å². The van der Waals surface area contributed by atoms with Gasteiger partial charge in [0.15, 0.2) is 23.0 Å². The van der Waals surface area contributed by atoms with Gasteiger partial charge in [0.1, 0.15) is 11.2 Å². The predicted octanol–water partition coefficient (Wildman–Crippen LogP) is 12.0. The van der Waals surface area contributed by atoms with Crippen LogP contribution in [-0.2, 0) is 35.1 Å². The molecule has 2 saturated carbocycles. The molecule has 2 saturated heterocycles. The lowest BCUT2D eigenvalue weighted by Crippen LogP contribution is -2.58. The van der Waals surface area contributed by atoms with Crippen LogP contribution < -0.4 is 24.3 Å². The van der Waals surface area contributed by atoms with Crippen molar-refractivity contribution in [2.45, 2.75) is 225 Å². The Morgan fingerprint density at radius 2 is 1.02 bits per heavy atom. The molecular weight excluding hydrogens is 1160 g/mol. The van der Waals surface area contributed by atoms with Crippen LogP contribution in [0.25, 0.3) is 0 Å². The number of rotatable bonds is 32. The second-order valence-corrected chi connectivity index (χ2v) is 27.0. The quantitative estimate of drug-likeness (QED) is 0.0579. The van der Waals surface area contributed by atoms with E-state index in [4.69, 9.17) is 42.6 Å². The Balaban J connectivity index is 0.000000302. The maximum absolute atomic E-state index is 14.2. The van der Waals surface area contributed by atoms with E-state index in [1.54, 1.807) is 69.7 Å². The maximum Gasteiger partial charge on any atom is 0.410 e. The Bertz CT molecular complexity index is 2730. The second-order valence-electron chi connectivity index (χ2n) is 27.0. The summed E-state index contributed by atoms with van der Waals surface area (Å²) in [6.07, 6.45) is 10.9. The van der Waals surface area contributed by atoms with E-state index < -0.39 is 17.3 Å². The molecular formula is C71H110N6O14. The van der Waals surface area contributed by atoms with Crippen molar-refractivity contribution in [3.63, 3.8) is 0 Å². The summed E-state index contributed by atoms with van der Waals surface area (Å²) in [5.74, 6) is 2.09. The minimum absolute atomic E-state index is 0.0516. The van der Waals surface area contributed by atoms with E-state index in [0.29, 0.717) is 132 Å². The van der Waals surface area contributed by atoms with Crippen molar-refractivity contribution in [1.29, 1.82) is 0 Å². The van der Waals surface area contributed by atoms with Gasteiger partial charge in [0, 0.05) is 120 Å². The van der Waals surface area contributed by atoms with E-state index >= 15 is 0 Å². The highest BCUT2D eigenvalue weighted by Crippen LogP contribution is 2.35. The van der Waals surface area contributed by atoms with Gasteiger partial charge in [-0.05, 0) is 188 Å². The molecule has 2 aliphatic heterocycles. The van der Waals surface area contributed by atoms with Crippen molar-refractivity contribution < 1.29 is 66.6 Å². The van der Waals surface area contributed by atoms with Crippen molar-refractivity contribution in [2.75, 3.05) is 87.7 Å². The minimum atomic E-state index is -0.677. The third-order valence-corrected chi connectivity index (χ3v) is 16.6. The molecule has 2 heterocycles. The normalized spacial score (nSPS) is 18.4. The fourth-order valence-corrected chi connectivity index (χ4v) is 11.9. The summed E-state index contributed by atoms with van der Waals surface area (Å²) in [6.45, 7) is 24.7. The molecule has 20 heteroatoms. The fourth-order valence-electron chi connectivity index (χ4n) is 11.9. The summed E-state index contributed by atoms with van der Waals surface area (Å²) < 4.78 is 50.6.